The number of likely N-dealkylation sites (tertiary alicyclic amines) is 1. The van der Waals surface area contributed by atoms with E-state index in [0.717, 1.165) is 30.5 Å². The van der Waals surface area contributed by atoms with Gasteiger partial charge in [0, 0.05) is 31.2 Å². The number of nitrogens with one attached hydrogen (secondary N) is 2. The normalized spacial score (nSPS) is 21.2. The number of ether oxygens (including phenoxy) is 1. The van der Waals surface area contributed by atoms with E-state index in [-0.39, 0.29) is 17.7 Å². The molecule has 2 fully saturated rings. The smallest absolute Gasteiger partial charge is 0.321 e. The minimum atomic E-state index is -0.146. The topological polar surface area (TPSA) is 79.4 Å². The minimum absolute atomic E-state index is 0.0409. The third kappa shape index (κ3) is 4.19. The Morgan fingerprint density at radius 3 is 2.74 bits per heavy atom. The monoisotopic (exact) mass is 367 g/mol. The highest BCUT2D eigenvalue weighted by Gasteiger charge is 2.43. The van der Waals surface area contributed by atoms with Gasteiger partial charge in [0.15, 0.2) is 0 Å². The first kappa shape index (κ1) is 17.7. The number of aromatic nitrogens is 2. The minimum Gasteiger partial charge on any atom is -0.373 e. The maximum absolute atomic E-state index is 12.5. The summed E-state index contributed by atoms with van der Waals surface area (Å²) < 4.78 is 6.15. The Kier molecular flexibility index (Phi) is 4.94. The van der Waals surface area contributed by atoms with Gasteiger partial charge in [-0.15, -0.1) is 0 Å². The molecule has 7 heteroatoms. The highest BCUT2D eigenvalue weighted by atomic mass is 16.5. The van der Waals surface area contributed by atoms with Crippen LogP contribution in [0.4, 0.5) is 16.4 Å². The molecule has 0 bridgehead atoms. The number of benzene rings is 1. The highest BCUT2D eigenvalue weighted by molar-refractivity contribution is 5.89. The Bertz CT molecular complexity index is 790. The number of rotatable bonds is 3. The Morgan fingerprint density at radius 1 is 1.22 bits per heavy atom. The molecule has 142 valence electrons. The van der Waals surface area contributed by atoms with E-state index in [4.69, 9.17) is 4.74 Å². The molecule has 0 saturated carbocycles. The van der Waals surface area contributed by atoms with Gasteiger partial charge < -0.3 is 20.3 Å². The first-order valence-corrected chi connectivity index (χ1v) is 9.42. The lowest BCUT2D eigenvalue weighted by Crippen LogP contribution is -2.48. The van der Waals surface area contributed by atoms with E-state index in [1.54, 1.807) is 18.5 Å². The lowest BCUT2D eigenvalue weighted by Gasteiger charge is -2.38. The largest absolute Gasteiger partial charge is 0.373 e. The van der Waals surface area contributed by atoms with Crippen LogP contribution in [-0.4, -0.2) is 52.2 Å². The van der Waals surface area contributed by atoms with Gasteiger partial charge in [-0.25, -0.2) is 14.8 Å². The number of piperidine rings is 1. The summed E-state index contributed by atoms with van der Waals surface area (Å²) in [5, 5.41) is 6.33. The molecule has 1 atom stereocenters. The number of amides is 2. The molecule has 0 unspecified atom stereocenters. The molecular weight excluding hydrogens is 342 g/mol. The van der Waals surface area contributed by atoms with Gasteiger partial charge in [-0.2, -0.15) is 0 Å². The van der Waals surface area contributed by atoms with Crippen LogP contribution in [0.1, 0.15) is 24.8 Å². The fourth-order valence-electron chi connectivity index (χ4n) is 3.88. The molecule has 27 heavy (non-hydrogen) atoms. The van der Waals surface area contributed by atoms with Crippen LogP contribution in [0.15, 0.2) is 42.7 Å². The van der Waals surface area contributed by atoms with Crippen LogP contribution < -0.4 is 10.6 Å². The first-order valence-electron chi connectivity index (χ1n) is 9.42. The van der Waals surface area contributed by atoms with Gasteiger partial charge in [0.25, 0.3) is 0 Å². The number of hydrogen-bond acceptors (Lipinski definition) is 5. The molecule has 1 spiro atoms. The quantitative estimate of drug-likeness (QED) is 0.872. The summed E-state index contributed by atoms with van der Waals surface area (Å²) in [5.41, 5.74) is 1.82. The second-order valence-electron chi connectivity index (χ2n) is 7.40. The third-order valence-electron chi connectivity index (χ3n) is 5.34. The van der Waals surface area contributed by atoms with Gasteiger partial charge in [-0.05, 0) is 49.9 Å². The van der Waals surface area contributed by atoms with Crippen LogP contribution in [0, 0.1) is 6.92 Å². The average Bonchev–Trinajstić information content (AvgIpc) is 3.05. The molecule has 3 heterocycles. The molecule has 0 aliphatic carbocycles. The molecule has 2 saturated heterocycles. The predicted molar refractivity (Wildman–Crippen MR) is 104 cm³/mol. The zero-order valence-electron chi connectivity index (χ0n) is 15.5. The van der Waals surface area contributed by atoms with Crippen molar-refractivity contribution >= 4 is 17.7 Å². The zero-order valence-corrected chi connectivity index (χ0v) is 15.5. The van der Waals surface area contributed by atoms with Crippen LogP contribution in [0.25, 0.3) is 0 Å². The summed E-state index contributed by atoms with van der Waals surface area (Å²) in [6, 6.07) is 9.83. The summed E-state index contributed by atoms with van der Waals surface area (Å²) >= 11 is 0. The summed E-state index contributed by atoms with van der Waals surface area (Å²) in [6.07, 6.45) is 6.07. The maximum atomic E-state index is 12.5. The van der Waals surface area contributed by atoms with Gasteiger partial charge in [0.2, 0.25) is 5.95 Å². The fourth-order valence-corrected chi connectivity index (χ4v) is 3.88. The molecule has 1 aromatic carbocycles. The predicted octanol–water partition coefficient (Wildman–Crippen LogP) is 3.05. The number of carbonyl (C=O) groups is 1. The molecule has 2 amide bonds. The fraction of sp³-hybridized carbons (Fsp3) is 0.450. The molecule has 7 nitrogen and oxygen atoms in total. The lowest BCUT2D eigenvalue weighted by atomic mass is 9.87. The van der Waals surface area contributed by atoms with Gasteiger partial charge in [0.05, 0.1) is 18.2 Å². The van der Waals surface area contributed by atoms with Crippen molar-refractivity contribution in [3.05, 3.63) is 48.3 Å². The molecule has 0 radical (unpaired) electrons. The van der Waals surface area contributed by atoms with Gasteiger partial charge in [-0.3, -0.25) is 0 Å². The van der Waals surface area contributed by atoms with E-state index in [0.29, 0.717) is 25.6 Å². The van der Waals surface area contributed by atoms with E-state index in [2.05, 4.69) is 20.6 Å². The second-order valence-corrected chi connectivity index (χ2v) is 7.40. The van der Waals surface area contributed by atoms with E-state index < -0.39 is 0 Å². The number of urea groups is 1. The van der Waals surface area contributed by atoms with Gasteiger partial charge >= 0.3 is 6.03 Å². The van der Waals surface area contributed by atoms with Crippen LogP contribution in [-0.2, 0) is 4.74 Å². The van der Waals surface area contributed by atoms with E-state index >= 15 is 0 Å². The number of aryl methyl sites for hydroxylation is 1. The van der Waals surface area contributed by atoms with Crippen molar-refractivity contribution in [2.24, 2.45) is 0 Å². The van der Waals surface area contributed by atoms with Crippen molar-refractivity contribution in [2.45, 2.75) is 37.8 Å². The highest BCUT2D eigenvalue weighted by Crippen LogP contribution is 2.36. The molecular formula is C20H25N5O2. The third-order valence-corrected chi connectivity index (χ3v) is 5.34. The Hall–Kier alpha value is -2.67. The number of hydrogen-bond donors (Lipinski definition) is 2. The summed E-state index contributed by atoms with van der Waals surface area (Å²) in [5.74, 6) is 0.637. The maximum Gasteiger partial charge on any atom is 0.321 e. The lowest BCUT2D eigenvalue weighted by molar-refractivity contribution is -0.0354. The molecule has 2 N–H and O–H groups in total. The Morgan fingerprint density at radius 2 is 2.00 bits per heavy atom. The van der Waals surface area contributed by atoms with E-state index in [9.17, 15) is 4.79 Å². The zero-order chi connectivity index (χ0) is 18.7. The van der Waals surface area contributed by atoms with Crippen molar-refractivity contribution in [3.63, 3.8) is 0 Å². The van der Waals surface area contributed by atoms with Crippen molar-refractivity contribution in [1.29, 1.82) is 0 Å². The second kappa shape index (κ2) is 7.52. The van der Waals surface area contributed by atoms with E-state index in [1.807, 2.05) is 36.1 Å². The van der Waals surface area contributed by atoms with Crippen LogP contribution in [0.3, 0.4) is 0 Å². The molecule has 4 rings (SSSR count). The SMILES string of the molecule is Cc1cccc(NC(=O)N2CCC3(CC2)C[C@@H](Nc2ncccn2)CO3)c1. The summed E-state index contributed by atoms with van der Waals surface area (Å²) in [4.78, 5) is 22.8. The molecule has 2 aliphatic rings. The van der Waals surface area contributed by atoms with Crippen LogP contribution in [0.5, 0.6) is 0 Å². The standard InChI is InChI=1S/C20H25N5O2/c1-15-4-2-5-16(12-15)24-19(26)25-10-6-20(7-11-25)13-17(14-27-20)23-18-21-8-3-9-22-18/h2-5,8-9,12,17H,6-7,10-11,13-14H2,1H3,(H,24,26)(H,21,22,23)/t17-/m1/s1. The van der Waals surface area contributed by atoms with Crippen LogP contribution in [0.2, 0.25) is 0 Å². The van der Waals surface area contributed by atoms with E-state index in [1.165, 1.54) is 0 Å². The Balaban J connectivity index is 1.29. The summed E-state index contributed by atoms with van der Waals surface area (Å²) in [7, 11) is 0. The van der Waals surface area contributed by atoms with Gasteiger partial charge in [-0.1, -0.05) is 12.1 Å². The van der Waals surface area contributed by atoms with Crippen LogP contribution >= 0.6 is 0 Å². The average molecular weight is 367 g/mol. The molecule has 2 aliphatic heterocycles. The van der Waals surface area contributed by atoms with Crippen molar-refractivity contribution in [2.75, 3.05) is 30.3 Å². The molecule has 1 aromatic heterocycles. The number of anilines is 2. The Labute approximate surface area is 159 Å². The van der Waals surface area contributed by atoms with Crippen molar-refractivity contribution < 1.29 is 9.53 Å². The van der Waals surface area contributed by atoms with Crippen molar-refractivity contribution in [1.82, 2.24) is 14.9 Å². The van der Waals surface area contributed by atoms with Crippen molar-refractivity contribution in [3.8, 4) is 0 Å². The number of carbonyl (C=O) groups excluding carboxylic acids is 1. The van der Waals surface area contributed by atoms with Gasteiger partial charge in [0.1, 0.15) is 0 Å². The number of nitrogens with zero attached hydrogens (tertiary/aromatic N) is 3. The molecule has 2 aromatic rings. The first-order chi connectivity index (χ1) is 13.1. The summed E-state index contributed by atoms with van der Waals surface area (Å²) in [6.45, 7) is 4.06.